The van der Waals surface area contributed by atoms with E-state index < -0.39 is 0 Å². The highest BCUT2D eigenvalue weighted by Crippen LogP contribution is 2.52. The van der Waals surface area contributed by atoms with Gasteiger partial charge in [0.15, 0.2) is 0 Å². The monoisotopic (exact) mass is 263 g/mol. The Kier molecular flexibility index (Phi) is 2.92. The van der Waals surface area contributed by atoms with Crippen LogP contribution >= 0.6 is 11.3 Å². The first-order valence-corrected chi connectivity index (χ1v) is 7.16. The van der Waals surface area contributed by atoms with E-state index in [4.69, 9.17) is 15.7 Å². The van der Waals surface area contributed by atoms with Crippen molar-refractivity contribution in [3.05, 3.63) is 10.4 Å². The summed E-state index contributed by atoms with van der Waals surface area (Å²) in [5.41, 5.74) is 8.07. The van der Waals surface area contributed by atoms with Crippen LogP contribution in [0.3, 0.4) is 0 Å². The third kappa shape index (κ3) is 1.86. The van der Waals surface area contributed by atoms with Gasteiger partial charge in [0.25, 0.3) is 0 Å². The van der Waals surface area contributed by atoms with Gasteiger partial charge in [-0.05, 0) is 25.2 Å². The van der Waals surface area contributed by atoms with Crippen molar-refractivity contribution in [3.63, 3.8) is 0 Å². The Labute approximate surface area is 111 Å². The lowest BCUT2D eigenvalue weighted by molar-refractivity contribution is 0.121. The largest absolute Gasteiger partial charge is 0.397 e. The number of ether oxygens (including phenoxy) is 1. The molecule has 1 atom stereocenters. The van der Waals surface area contributed by atoms with Gasteiger partial charge in [0.05, 0.1) is 16.8 Å². The van der Waals surface area contributed by atoms with Gasteiger partial charge in [-0.25, -0.2) is 0 Å². The van der Waals surface area contributed by atoms with Crippen LogP contribution < -0.4 is 10.6 Å². The Balaban J connectivity index is 1.94. The Bertz CT molecular complexity index is 501. The molecule has 1 aromatic rings. The molecule has 1 aromatic heterocycles. The summed E-state index contributed by atoms with van der Waals surface area (Å²) in [4.78, 5) is 3.01. The van der Waals surface area contributed by atoms with Crippen molar-refractivity contribution >= 4 is 22.0 Å². The molecule has 0 aromatic carbocycles. The highest BCUT2D eigenvalue weighted by Gasteiger charge is 2.35. The van der Waals surface area contributed by atoms with E-state index in [0.29, 0.717) is 16.9 Å². The molecule has 1 aliphatic heterocycles. The average Bonchev–Trinajstić information content (AvgIpc) is 3.00. The zero-order valence-corrected chi connectivity index (χ0v) is 11.3. The fourth-order valence-corrected chi connectivity index (χ4v) is 3.77. The van der Waals surface area contributed by atoms with Crippen LogP contribution in [0.1, 0.15) is 35.6 Å². The molecule has 0 bridgehead atoms. The Morgan fingerprint density at radius 2 is 2.22 bits per heavy atom. The summed E-state index contributed by atoms with van der Waals surface area (Å²) in [7, 11) is 1.76. The molecule has 1 saturated carbocycles. The van der Waals surface area contributed by atoms with Crippen LogP contribution in [0.25, 0.3) is 0 Å². The lowest BCUT2D eigenvalue weighted by Crippen LogP contribution is -2.22. The third-order valence-electron chi connectivity index (χ3n) is 3.82. The van der Waals surface area contributed by atoms with Crippen LogP contribution in [-0.4, -0.2) is 26.3 Å². The van der Waals surface area contributed by atoms with Gasteiger partial charge >= 0.3 is 0 Å². The summed E-state index contributed by atoms with van der Waals surface area (Å²) in [5, 5.41) is 10.4. The number of hydrogen-bond donors (Lipinski definition) is 1. The number of nitrogen functional groups attached to an aromatic ring is 1. The molecular formula is C13H17N3OS. The van der Waals surface area contributed by atoms with Gasteiger partial charge in [-0.3, -0.25) is 0 Å². The first-order valence-electron chi connectivity index (χ1n) is 6.34. The van der Waals surface area contributed by atoms with Gasteiger partial charge in [-0.15, -0.1) is 11.3 Å². The van der Waals surface area contributed by atoms with Gasteiger partial charge in [-0.2, -0.15) is 5.26 Å². The molecule has 4 nitrogen and oxygen atoms in total. The van der Waals surface area contributed by atoms with Crippen LogP contribution in [0.15, 0.2) is 0 Å². The minimum absolute atomic E-state index is 0.311. The molecular weight excluding hydrogens is 246 g/mol. The lowest BCUT2D eigenvalue weighted by Gasteiger charge is -2.18. The standard InChI is InChI=1S/C13H17N3OS/c1-17-9-4-5-16(7-9)13-11(8-2-3-8)12(15)10(6-14)18-13/h8-9H,2-5,7,15H2,1H3. The lowest BCUT2D eigenvalue weighted by atomic mass is 10.1. The molecule has 0 radical (unpaired) electrons. The second-order valence-electron chi connectivity index (χ2n) is 5.04. The average molecular weight is 263 g/mol. The Morgan fingerprint density at radius 3 is 2.78 bits per heavy atom. The number of thiophene rings is 1. The second-order valence-corrected chi connectivity index (χ2v) is 6.04. The van der Waals surface area contributed by atoms with E-state index in [1.54, 1.807) is 18.4 Å². The first-order chi connectivity index (χ1) is 8.74. The van der Waals surface area contributed by atoms with Crippen molar-refractivity contribution in [2.75, 3.05) is 30.8 Å². The number of hydrogen-bond acceptors (Lipinski definition) is 5. The number of nitriles is 1. The SMILES string of the molecule is COC1CCN(c2sc(C#N)c(N)c2C2CC2)C1. The third-order valence-corrected chi connectivity index (χ3v) is 5.00. The molecule has 2 N–H and O–H groups in total. The summed E-state index contributed by atoms with van der Waals surface area (Å²) < 4.78 is 5.41. The summed E-state index contributed by atoms with van der Waals surface area (Å²) in [6, 6.07) is 2.22. The zero-order chi connectivity index (χ0) is 12.7. The number of nitrogens with zero attached hydrogens (tertiary/aromatic N) is 2. The molecule has 0 amide bonds. The van der Waals surface area contributed by atoms with Gasteiger partial charge in [0.2, 0.25) is 0 Å². The fourth-order valence-electron chi connectivity index (χ4n) is 2.63. The molecule has 0 spiro atoms. The van der Waals surface area contributed by atoms with Crippen LogP contribution in [-0.2, 0) is 4.74 Å². The van der Waals surface area contributed by atoms with Gasteiger partial charge in [0, 0.05) is 25.8 Å². The van der Waals surface area contributed by atoms with Crippen molar-refractivity contribution in [2.24, 2.45) is 0 Å². The van der Waals surface area contributed by atoms with E-state index >= 15 is 0 Å². The predicted octanol–water partition coefficient (Wildman–Crippen LogP) is 2.30. The van der Waals surface area contributed by atoms with Gasteiger partial charge in [0.1, 0.15) is 10.9 Å². The molecule has 5 heteroatoms. The van der Waals surface area contributed by atoms with E-state index in [1.165, 1.54) is 23.4 Å². The van der Waals surface area contributed by atoms with Crippen LogP contribution in [0.4, 0.5) is 10.7 Å². The maximum absolute atomic E-state index is 9.14. The van der Waals surface area contributed by atoms with Crippen molar-refractivity contribution in [1.29, 1.82) is 5.26 Å². The normalized spacial score (nSPS) is 23.3. The minimum atomic E-state index is 0.311. The minimum Gasteiger partial charge on any atom is -0.397 e. The first kappa shape index (κ1) is 11.8. The van der Waals surface area contributed by atoms with Crippen LogP contribution in [0, 0.1) is 11.3 Å². The van der Waals surface area contributed by atoms with E-state index in [-0.39, 0.29) is 0 Å². The topological polar surface area (TPSA) is 62.3 Å². The van der Waals surface area contributed by atoms with Crippen molar-refractivity contribution in [1.82, 2.24) is 0 Å². The predicted molar refractivity (Wildman–Crippen MR) is 73.0 cm³/mol. The van der Waals surface area contributed by atoms with E-state index in [0.717, 1.165) is 25.2 Å². The molecule has 1 unspecified atom stereocenters. The quantitative estimate of drug-likeness (QED) is 0.909. The maximum atomic E-state index is 9.14. The highest BCUT2D eigenvalue weighted by molar-refractivity contribution is 7.17. The number of anilines is 2. The Morgan fingerprint density at radius 1 is 1.44 bits per heavy atom. The smallest absolute Gasteiger partial charge is 0.130 e. The van der Waals surface area contributed by atoms with Crippen molar-refractivity contribution in [2.45, 2.75) is 31.3 Å². The molecule has 18 heavy (non-hydrogen) atoms. The van der Waals surface area contributed by atoms with Gasteiger partial charge in [-0.1, -0.05) is 0 Å². The molecule has 96 valence electrons. The zero-order valence-electron chi connectivity index (χ0n) is 10.5. The summed E-state index contributed by atoms with van der Waals surface area (Å²) >= 11 is 1.55. The molecule has 2 heterocycles. The highest BCUT2D eigenvalue weighted by atomic mass is 32.1. The summed E-state index contributed by atoms with van der Waals surface area (Å²) in [6.45, 7) is 1.92. The molecule has 2 aliphatic rings. The Hall–Kier alpha value is -1.25. The summed E-state index contributed by atoms with van der Waals surface area (Å²) in [5.74, 6) is 0.583. The maximum Gasteiger partial charge on any atom is 0.130 e. The van der Waals surface area contributed by atoms with E-state index in [1.807, 2.05) is 0 Å². The number of rotatable bonds is 3. The number of nitrogens with two attached hydrogens (primary N) is 1. The van der Waals surface area contributed by atoms with Crippen LogP contribution in [0.2, 0.25) is 0 Å². The molecule has 2 fully saturated rings. The summed E-state index contributed by atoms with van der Waals surface area (Å²) in [6.07, 6.45) is 3.78. The van der Waals surface area contributed by atoms with Crippen molar-refractivity contribution < 1.29 is 4.74 Å². The van der Waals surface area contributed by atoms with Gasteiger partial charge < -0.3 is 15.4 Å². The van der Waals surface area contributed by atoms with E-state index in [9.17, 15) is 0 Å². The van der Waals surface area contributed by atoms with Crippen LogP contribution in [0.5, 0.6) is 0 Å². The fraction of sp³-hybridized carbons (Fsp3) is 0.615. The van der Waals surface area contributed by atoms with E-state index in [2.05, 4.69) is 11.0 Å². The molecule has 1 aliphatic carbocycles. The number of methoxy groups -OCH3 is 1. The van der Waals surface area contributed by atoms with Crippen molar-refractivity contribution in [3.8, 4) is 6.07 Å². The molecule has 3 rings (SSSR count). The second kappa shape index (κ2) is 4.45. The molecule has 1 saturated heterocycles.